The van der Waals surface area contributed by atoms with E-state index in [1.807, 2.05) is 0 Å². The van der Waals surface area contributed by atoms with Crippen LogP contribution in [0, 0.1) is 0 Å². The number of carbonyl (C=O) groups excluding carboxylic acids is 1. The van der Waals surface area contributed by atoms with Gasteiger partial charge in [0.15, 0.2) is 0 Å². The third-order valence-corrected chi connectivity index (χ3v) is 2.67. The zero-order valence-electron chi connectivity index (χ0n) is 10.8. The van der Waals surface area contributed by atoms with Gasteiger partial charge in [-0.2, -0.15) is 0 Å². The number of carboxylic acids is 2. The van der Waals surface area contributed by atoms with Crippen LogP contribution in [0.25, 0.3) is 0 Å². The van der Waals surface area contributed by atoms with E-state index in [2.05, 4.69) is 10.3 Å². The van der Waals surface area contributed by atoms with E-state index >= 15 is 0 Å². The molecule has 0 saturated heterocycles. The van der Waals surface area contributed by atoms with Crippen LogP contribution in [0.1, 0.15) is 24.8 Å². The molecule has 0 aliphatic rings. The van der Waals surface area contributed by atoms with Gasteiger partial charge in [-0.3, -0.25) is 14.6 Å². The number of carbonyl (C=O) groups is 3. The molecule has 1 heterocycles. The highest BCUT2D eigenvalue weighted by molar-refractivity contribution is 5.84. The molecule has 1 aromatic heterocycles. The number of aryl methyl sites for hydroxylation is 1. The van der Waals surface area contributed by atoms with Crippen LogP contribution < -0.4 is 5.32 Å². The lowest BCUT2D eigenvalue weighted by molar-refractivity contribution is -0.143. The van der Waals surface area contributed by atoms with Crippen molar-refractivity contribution in [1.82, 2.24) is 10.3 Å². The Bertz CT molecular complexity index is 475. The molecule has 0 bridgehead atoms. The zero-order valence-corrected chi connectivity index (χ0v) is 10.8. The van der Waals surface area contributed by atoms with Crippen molar-refractivity contribution in [3.05, 3.63) is 30.1 Å². The lowest BCUT2D eigenvalue weighted by Gasteiger charge is -2.13. The molecule has 1 aromatic rings. The highest BCUT2D eigenvalue weighted by atomic mass is 16.4. The van der Waals surface area contributed by atoms with Crippen LogP contribution in [0.15, 0.2) is 24.5 Å². The van der Waals surface area contributed by atoms with Crippen molar-refractivity contribution in [2.75, 3.05) is 0 Å². The van der Waals surface area contributed by atoms with E-state index in [0.717, 1.165) is 5.56 Å². The summed E-state index contributed by atoms with van der Waals surface area (Å²) in [5.74, 6) is -2.75. The van der Waals surface area contributed by atoms with Gasteiger partial charge in [0.25, 0.3) is 0 Å². The summed E-state index contributed by atoms with van der Waals surface area (Å²) < 4.78 is 0. The molecule has 0 spiro atoms. The standard InChI is InChI=1S/C13H16N2O5/c16-11(3-1-9-5-7-14-8-6-9)15-10(13(19)20)2-4-12(17)18/h5-8,10H,1-4H2,(H,15,16)(H,17,18)(H,19,20). The number of nitrogens with one attached hydrogen (secondary N) is 1. The first kappa shape index (κ1) is 15.6. The van der Waals surface area contributed by atoms with Gasteiger partial charge in [-0.15, -0.1) is 0 Å². The molecule has 1 amide bonds. The molecule has 20 heavy (non-hydrogen) atoms. The summed E-state index contributed by atoms with van der Waals surface area (Å²) in [6.07, 6.45) is 3.40. The highest BCUT2D eigenvalue weighted by Gasteiger charge is 2.20. The lowest BCUT2D eigenvalue weighted by atomic mass is 10.1. The van der Waals surface area contributed by atoms with Gasteiger partial charge in [-0.1, -0.05) is 0 Å². The third kappa shape index (κ3) is 5.94. The number of rotatable bonds is 8. The molecule has 1 atom stereocenters. The average Bonchev–Trinajstić information content (AvgIpc) is 2.41. The van der Waals surface area contributed by atoms with Gasteiger partial charge < -0.3 is 15.5 Å². The number of pyridine rings is 1. The molecule has 108 valence electrons. The molecule has 0 radical (unpaired) electrons. The Hall–Kier alpha value is -2.44. The minimum atomic E-state index is -1.23. The summed E-state index contributed by atoms with van der Waals surface area (Å²) in [5, 5.41) is 19.7. The minimum Gasteiger partial charge on any atom is -0.481 e. The van der Waals surface area contributed by atoms with Gasteiger partial charge in [0, 0.05) is 25.2 Å². The number of aromatic nitrogens is 1. The fraction of sp³-hybridized carbons (Fsp3) is 0.385. The van der Waals surface area contributed by atoms with E-state index in [4.69, 9.17) is 10.2 Å². The monoisotopic (exact) mass is 280 g/mol. The Kier molecular flexibility index (Phi) is 6.15. The fourth-order valence-corrected chi connectivity index (χ4v) is 1.60. The molecule has 0 aliphatic carbocycles. The molecular formula is C13H16N2O5. The van der Waals surface area contributed by atoms with Gasteiger partial charge in [0.05, 0.1) is 0 Å². The van der Waals surface area contributed by atoms with Crippen molar-refractivity contribution in [3.8, 4) is 0 Å². The van der Waals surface area contributed by atoms with Crippen LogP contribution >= 0.6 is 0 Å². The van der Waals surface area contributed by atoms with Crippen LogP contribution in [-0.4, -0.2) is 39.1 Å². The van der Waals surface area contributed by atoms with Crippen molar-refractivity contribution in [1.29, 1.82) is 0 Å². The second-order valence-electron chi connectivity index (χ2n) is 4.25. The van der Waals surface area contributed by atoms with Gasteiger partial charge in [0.2, 0.25) is 5.91 Å². The van der Waals surface area contributed by atoms with Crippen LogP contribution in [0.2, 0.25) is 0 Å². The molecule has 0 saturated carbocycles. The highest BCUT2D eigenvalue weighted by Crippen LogP contribution is 2.03. The summed E-state index contributed by atoms with van der Waals surface area (Å²) in [6, 6.07) is 2.37. The summed E-state index contributed by atoms with van der Waals surface area (Å²) in [7, 11) is 0. The first-order valence-electron chi connectivity index (χ1n) is 6.12. The van der Waals surface area contributed by atoms with Gasteiger partial charge >= 0.3 is 11.9 Å². The number of nitrogens with zero attached hydrogens (tertiary/aromatic N) is 1. The minimum absolute atomic E-state index is 0.133. The quantitative estimate of drug-likeness (QED) is 0.636. The number of carboxylic acid groups (broad SMARTS) is 2. The van der Waals surface area contributed by atoms with E-state index in [0.29, 0.717) is 6.42 Å². The van der Waals surface area contributed by atoms with Crippen LogP contribution in [-0.2, 0) is 20.8 Å². The molecule has 0 aliphatic heterocycles. The summed E-state index contributed by atoms with van der Waals surface area (Å²) >= 11 is 0. The Morgan fingerprint density at radius 3 is 2.35 bits per heavy atom. The second-order valence-corrected chi connectivity index (χ2v) is 4.25. The van der Waals surface area contributed by atoms with Crippen molar-refractivity contribution in [3.63, 3.8) is 0 Å². The van der Waals surface area contributed by atoms with Crippen molar-refractivity contribution in [2.45, 2.75) is 31.7 Å². The van der Waals surface area contributed by atoms with E-state index in [-0.39, 0.29) is 19.3 Å². The van der Waals surface area contributed by atoms with E-state index in [9.17, 15) is 14.4 Å². The smallest absolute Gasteiger partial charge is 0.326 e. The summed E-state index contributed by atoms with van der Waals surface area (Å²) in [5.41, 5.74) is 0.924. The first-order valence-corrected chi connectivity index (χ1v) is 6.12. The molecule has 0 aromatic carbocycles. The van der Waals surface area contributed by atoms with Crippen molar-refractivity contribution >= 4 is 17.8 Å². The largest absolute Gasteiger partial charge is 0.481 e. The Balaban J connectivity index is 2.41. The molecule has 7 nitrogen and oxygen atoms in total. The summed E-state index contributed by atoms with van der Waals surface area (Å²) in [6.45, 7) is 0. The van der Waals surface area contributed by atoms with Gasteiger partial charge in [-0.25, -0.2) is 4.79 Å². The molecule has 7 heteroatoms. The predicted octanol–water partition coefficient (Wildman–Crippen LogP) is 0.448. The predicted molar refractivity (Wildman–Crippen MR) is 69.0 cm³/mol. The molecular weight excluding hydrogens is 264 g/mol. The number of hydrogen-bond donors (Lipinski definition) is 3. The SMILES string of the molecule is O=C(O)CCC(NC(=O)CCc1ccncc1)C(=O)O. The maximum atomic E-state index is 11.6. The Labute approximate surface area is 115 Å². The van der Waals surface area contributed by atoms with Crippen LogP contribution in [0.5, 0.6) is 0 Å². The maximum absolute atomic E-state index is 11.6. The zero-order chi connectivity index (χ0) is 15.0. The van der Waals surface area contributed by atoms with Crippen molar-refractivity contribution in [2.24, 2.45) is 0 Å². The molecule has 1 rings (SSSR count). The van der Waals surface area contributed by atoms with E-state index < -0.39 is 23.9 Å². The average molecular weight is 280 g/mol. The lowest BCUT2D eigenvalue weighted by Crippen LogP contribution is -2.41. The number of hydrogen-bond acceptors (Lipinski definition) is 4. The third-order valence-electron chi connectivity index (χ3n) is 2.67. The second kappa shape index (κ2) is 7.88. The summed E-state index contributed by atoms with van der Waals surface area (Å²) in [4.78, 5) is 36.8. The number of amides is 1. The molecule has 1 unspecified atom stereocenters. The first-order chi connectivity index (χ1) is 9.49. The van der Waals surface area contributed by atoms with Gasteiger partial charge in [0.1, 0.15) is 6.04 Å². The van der Waals surface area contributed by atoms with E-state index in [1.165, 1.54) is 0 Å². The normalized spacial score (nSPS) is 11.6. The maximum Gasteiger partial charge on any atom is 0.326 e. The molecule has 3 N–H and O–H groups in total. The van der Waals surface area contributed by atoms with Crippen LogP contribution in [0.3, 0.4) is 0 Å². The van der Waals surface area contributed by atoms with Crippen LogP contribution in [0.4, 0.5) is 0 Å². The van der Waals surface area contributed by atoms with E-state index in [1.54, 1.807) is 24.5 Å². The molecule has 0 fully saturated rings. The Morgan fingerprint density at radius 2 is 1.80 bits per heavy atom. The van der Waals surface area contributed by atoms with Crippen molar-refractivity contribution < 1.29 is 24.6 Å². The number of aliphatic carboxylic acids is 2. The van der Waals surface area contributed by atoms with Gasteiger partial charge in [-0.05, 0) is 30.5 Å². The fourth-order valence-electron chi connectivity index (χ4n) is 1.60. The topological polar surface area (TPSA) is 117 Å². The Morgan fingerprint density at radius 1 is 1.15 bits per heavy atom.